The van der Waals surface area contributed by atoms with Crippen molar-refractivity contribution in [3.05, 3.63) is 45.7 Å². The Morgan fingerprint density at radius 3 is 2.18 bits per heavy atom. The maximum absolute atomic E-state index is 11.5. The van der Waals surface area contributed by atoms with Gasteiger partial charge in [-0.2, -0.15) is 0 Å². The molecule has 0 aliphatic carbocycles. The van der Waals surface area contributed by atoms with Gasteiger partial charge >= 0.3 is 11.9 Å². The lowest BCUT2D eigenvalue weighted by Crippen LogP contribution is -2.23. The Morgan fingerprint density at radius 2 is 1.59 bits per heavy atom. The molecule has 0 fully saturated rings. The number of pyridine rings is 1. The van der Waals surface area contributed by atoms with E-state index >= 15 is 0 Å². The minimum atomic E-state index is -1.56. The van der Waals surface area contributed by atoms with Crippen LogP contribution >= 0.6 is 0 Å². The van der Waals surface area contributed by atoms with Crippen LogP contribution in [0.5, 0.6) is 0 Å². The third kappa shape index (κ3) is 1.65. The fourth-order valence-corrected chi connectivity index (χ4v) is 1.67. The number of aromatic carboxylic acids is 2. The molecule has 2 aromatic rings. The molecule has 6 heteroatoms. The van der Waals surface area contributed by atoms with Crippen molar-refractivity contribution in [2.45, 2.75) is 0 Å². The molecular weight excluding hydrogens is 226 g/mol. The molecule has 1 aromatic heterocycles. The number of para-hydroxylation sites is 1. The number of carboxylic acid groups (broad SMARTS) is 2. The minimum absolute atomic E-state index is 0.192. The highest BCUT2D eigenvalue weighted by Crippen LogP contribution is 2.18. The smallest absolute Gasteiger partial charge is 0.342 e. The van der Waals surface area contributed by atoms with Crippen molar-refractivity contribution in [3.8, 4) is 0 Å². The quantitative estimate of drug-likeness (QED) is 0.714. The van der Waals surface area contributed by atoms with Crippen molar-refractivity contribution in [2.24, 2.45) is 0 Å². The molecule has 0 saturated heterocycles. The monoisotopic (exact) mass is 233 g/mol. The van der Waals surface area contributed by atoms with E-state index in [1.54, 1.807) is 12.1 Å². The van der Waals surface area contributed by atoms with Gasteiger partial charge in [-0.25, -0.2) is 9.59 Å². The molecule has 0 radical (unpaired) electrons. The van der Waals surface area contributed by atoms with Crippen LogP contribution in [0.3, 0.4) is 0 Å². The standard InChI is InChI=1S/C11H7NO5/c13-9-8(11(16)17)7(10(14)15)5-3-1-2-4-6(5)12-9/h1-4H,(H,12,13)(H,14,15)(H,16,17). The molecule has 0 saturated carbocycles. The van der Waals surface area contributed by atoms with E-state index in [0.717, 1.165) is 0 Å². The Labute approximate surface area is 94.1 Å². The maximum atomic E-state index is 11.5. The number of carboxylic acids is 2. The van der Waals surface area contributed by atoms with Crippen LogP contribution < -0.4 is 5.56 Å². The van der Waals surface area contributed by atoms with Gasteiger partial charge in [-0.15, -0.1) is 0 Å². The summed E-state index contributed by atoms with van der Waals surface area (Å²) in [5, 5.41) is 18.1. The number of carbonyl (C=O) groups is 2. The third-order valence-corrected chi connectivity index (χ3v) is 2.35. The van der Waals surface area contributed by atoms with Gasteiger partial charge in [-0.1, -0.05) is 18.2 Å². The summed E-state index contributed by atoms with van der Waals surface area (Å²) in [6.07, 6.45) is 0. The topological polar surface area (TPSA) is 107 Å². The molecule has 2 rings (SSSR count). The molecule has 86 valence electrons. The first kappa shape index (κ1) is 10.9. The average Bonchev–Trinajstić information content (AvgIpc) is 2.26. The summed E-state index contributed by atoms with van der Waals surface area (Å²) in [5.41, 5.74) is -1.87. The van der Waals surface area contributed by atoms with E-state index in [-0.39, 0.29) is 5.39 Å². The molecule has 0 bridgehead atoms. The zero-order valence-corrected chi connectivity index (χ0v) is 8.43. The Bertz CT molecular complexity index is 686. The van der Waals surface area contributed by atoms with Gasteiger partial charge < -0.3 is 15.2 Å². The van der Waals surface area contributed by atoms with Crippen molar-refractivity contribution in [1.82, 2.24) is 4.98 Å². The summed E-state index contributed by atoms with van der Waals surface area (Å²) in [6, 6.07) is 6.14. The van der Waals surface area contributed by atoms with E-state index in [4.69, 9.17) is 10.2 Å². The van der Waals surface area contributed by atoms with E-state index in [1.165, 1.54) is 12.1 Å². The molecule has 0 atom stereocenters. The van der Waals surface area contributed by atoms with Gasteiger partial charge in [0.1, 0.15) is 5.56 Å². The van der Waals surface area contributed by atoms with Gasteiger partial charge in [0.25, 0.3) is 5.56 Å². The second-order valence-electron chi connectivity index (χ2n) is 3.36. The van der Waals surface area contributed by atoms with E-state index in [9.17, 15) is 14.4 Å². The molecule has 17 heavy (non-hydrogen) atoms. The van der Waals surface area contributed by atoms with Crippen LogP contribution in [0.2, 0.25) is 0 Å². The number of H-pyrrole nitrogens is 1. The predicted octanol–water partition coefficient (Wildman–Crippen LogP) is 0.924. The van der Waals surface area contributed by atoms with Gasteiger partial charge in [-0.05, 0) is 6.07 Å². The lowest BCUT2D eigenvalue weighted by atomic mass is 10.0. The highest BCUT2D eigenvalue weighted by molar-refractivity contribution is 6.10. The first-order chi connectivity index (χ1) is 8.02. The normalized spacial score (nSPS) is 10.4. The van der Waals surface area contributed by atoms with Crippen LogP contribution in [-0.4, -0.2) is 27.1 Å². The fraction of sp³-hybridized carbons (Fsp3) is 0. The van der Waals surface area contributed by atoms with E-state index in [2.05, 4.69) is 4.98 Å². The Morgan fingerprint density at radius 1 is 1.00 bits per heavy atom. The Hall–Kier alpha value is -2.63. The second-order valence-corrected chi connectivity index (χ2v) is 3.36. The SMILES string of the molecule is O=C(O)c1c(C(=O)O)c2ccccc2[nH]c1=O. The average molecular weight is 233 g/mol. The number of nitrogens with one attached hydrogen (secondary N) is 1. The number of hydrogen-bond acceptors (Lipinski definition) is 3. The van der Waals surface area contributed by atoms with E-state index in [1.807, 2.05) is 0 Å². The summed E-state index contributed by atoms with van der Waals surface area (Å²) in [5.74, 6) is -3.00. The number of fused-ring (bicyclic) bond motifs is 1. The number of aromatic nitrogens is 1. The van der Waals surface area contributed by atoms with Gasteiger partial charge in [0, 0.05) is 10.9 Å². The van der Waals surface area contributed by atoms with Crippen LogP contribution in [0.4, 0.5) is 0 Å². The van der Waals surface area contributed by atoms with Gasteiger partial charge in [0.15, 0.2) is 0 Å². The van der Waals surface area contributed by atoms with E-state index in [0.29, 0.717) is 5.52 Å². The molecule has 0 spiro atoms. The molecule has 0 amide bonds. The van der Waals surface area contributed by atoms with Gasteiger partial charge in [0.2, 0.25) is 0 Å². The lowest BCUT2D eigenvalue weighted by Gasteiger charge is -2.05. The van der Waals surface area contributed by atoms with Gasteiger partial charge in [-0.3, -0.25) is 4.79 Å². The molecule has 0 aliphatic rings. The summed E-state index contributed by atoms with van der Waals surface area (Å²) in [6.45, 7) is 0. The first-order valence-electron chi connectivity index (χ1n) is 4.64. The van der Waals surface area contributed by atoms with Crippen molar-refractivity contribution in [2.75, 3.05) is 0 Å². The van der Waals surface area contributed by atoms with Crippen LogP contribution in [0.1, 0.15) is 20.7 Å². The van der Waals surface area contributed by atoms with Crippen molar-refractivity contribution >= 4 is 22.8 Å². The third-order valence-electron chi connectivity index (χ3n) is 2.35. The Kier molecular flexibility index (Phi) is 2.40. The first-order valence-corrected chi connectivity index (χ1v) is 4.64. The van der Waals surface area contributed by atoms with Crippen molar-refractivity contribution in [3.63, 3.8) is 0 Å². The molecule has 6 nitrogen and oxygen atoms in total. The van der Waals surface area contributed by atoms with Crippen LogP contribution in [0, 0.1) is 0 Å². The molecule has 0 aliphatic heterocycles. The summed E-state index contributed by atoms with van der Waals surface area (Å²) in [7, 11) is 0. The van der Waals surface area contributed by atoms with Gasteiger partial charge in [0.05, 0.1) is 5.56 Å². The second kappa shape index (κ2) is 3.75. The number of benzene rings is 1. The summed E-state index contributed by atoms with van der Waals surface area (Å²) < 4.78 is 0. The molecule has 0 unspecified atom stereocenters. The zero-order chi connectivity index (χ0) is 12.6. The minimum Gasteiger partial charge on any atom is -0.478 e. The van der Waals surface area contributed by atoms with Crippen molar-refractivity contribution in [1.29, 1.82) is 0 Å². The molecule has 3 N–H and O–H groups in total. The maximum Gasteiger partial charge on any atom is 0.342 e. The van der Waals surface area contributed by atoms with Crippen LogP contribution in [-0.2, 0) is 0 Å². The highest BCUT2D eigenvalue weighted by Gasteiger charge is 2.23. The summed E-state index contributed by atoms with van der Waals surface area (Å²) in [4.78, 5) is 35.8. The molecule has 1 heterocycles. The van der Waals surface area contributed by atoms with E-state index < -0.39 is 28.6 Å². The zero-order valence-electron chi connectivity index (χ0n) is 8.43. The Balaban J connectivity index is 3.04. The highest BCUT2D eigenvalue weighted by atomic mass is 16.4. The largest absolute Gasteiger partial charge is 0.478 e. The molecule has 1 aromatic carbocycles. The van der Waals surface area contributed by atoms with Crippen LogP contribution in [0.25, 0.3) is 10.9 Å². The lowest BCUT2D eigenvalue weighted by molar-refractivity contribution is 0.0651. The van der Waals surface area contributed by atoms with Crippen molar-refractivity contribution < 1.29 is 19.8 Å². The number of rotatable bonds is 2. The summed E-state index contributed by atoms with van der Waals surface area (Å²) >= 11 is 0. The molecular formula is C11H7NO5. The number of aromatic amines is 1. The number of hydrogen-bond donors (Lipinski definition) is 3. The van der Waals surface area contributed by atoms with Crippen LogP contribution in [0.15, 0.2) is 29.1 Å². The fourth-order valence-electron chi connectivity index (χ4n) is 1.67. The predicted molar refractivity (Wildman–Crippen MR) is 58.5 cm³/mol.